The third-order valence-corrected chi connectivity index (χ3v) is 3.34. The van der Waals surface area contributed by atoms with Crippen molar-refractivity contribution in [1.82, 2.24) is 9.38 Å². The second kappa shape index (κ2) is 4.86. The number of nitrogens with zero attached hydrogens (tertiary/aromatic N) is 2. The SMILES string of the molecule is Cc1ccc(Cc2cn3c(CN)cccc3n2)cc1. The van der Waals surface area contributed by atoms with Crippen LogP contribution < -0.4 is 5.73 Å². The zero-order valence-electron chi connectivity index (χ0n) is 11.0. The summed E-state index contributed by atoms with van der Waals surface area (Å²) in [7, 11) is 0. The maximum absolute atomic E-state index is 5.75. The monoisotopic (exact) mass is 251 g/mol. The predicted molar refractivity (Wildman–Crippen MR) is 77.1 cm³/mol. The van der Waals surface area contributed by atoms with Gasteiger partial charge in [-0.3, -0.25) is 0 Å². The lowest BCUT2D eigenvalue weighted by atomic mass is 10.1. The molecule has 19 heavy (non-hydrogen) atoms. The first kappa shape index (κ1) is 11.9. The van der Waals surface area contributed by atoms with Gasteiger partial charge in [0.1, 0.15) is 5.65 Å². The first-order valence-corrected chi connectivity index (χ1v) is 6.48. The molecule has 0 unspecified atom stereocenters. The quantitative estimate of drug-likeness (QED) is 0.777. The third kappa shape index (κ3) is 2.37. The van der Waals surface area contributed by atoms with Crippen LogP contribution in [0.25, 0.3) is 5.65 Å². The van der Waals surface area contributed by atoms with E-state index in [1.807, 2.05) is 18.2 Å². The Hall–Kier alpha value is -2.13. The van der Waals surface area contributed by atoms with Crippen LogP contribution in [0, 0.1) is 6.92 Å². The molecule has 2 aromatic heterocycles. The summed E-state index contributed by atoms with van der Waals surface area (Å²) >= 11 is 0. The van der Waals surface area contributed by atoms with Crippen LogP contribution in [0.15, 0.2) is 48.7 Å². The van der Waals surface area contributed by atoms with E-state index in [-0.39, 0.29) is 0 Å². The lowest BCUT2D eigenvalue weighted by Gasteiger charge is -2.00. The van der Waals surface area contributed by atoms with E-state index >= 15 is 0 Å². The van der Waals surface area contributed by atoms with E-state index in [4.69, 9.17) is 5.73 Å². The van der Waals surface area contributed by atoms with E-state index in [0.29, 0.717) is 6.54 Å². The lowest BCUT2D eigenvalue weighted by molar-refractivity contribution is 0.944. The van der Waals surface area contributed by atoms with Crippen LogP contribution in [0.4, 0.5) is 0 Å². The molecule has 0 fully saturated rings. The van der Waals surface area contributed by atoms with Crippen molar-refractivity contribution in [2.75, 3.05) is 0 Å². The summed E-state index contributed by atoms with van der Waals surface area (Å²) in [6, 6.07) is 14.6. The Kier molecular flexibility index (Phi) is 3.05. The van der Waals surface area contributed by atoms with Gasteiger partial charge in [-0.2, -0.15) is 0 Å². The van der Waals surface area contributed by atoms with E-state index in [2.05, 4.69) is 46.8 Å². The van der Waals surface area contributed by atoms with Crippen molar-refractivity contribution in [3.05, 3.63) is 71.2 Å². The first-order chi connectivity index (χ1) is 9.26. The van der Waals surface area contributed by atoms with Crippen LogP contribution in [-0.2, 0) is 13.0 Å². The lowest BCUT2D eigenvalue weighted by Crippen LogP contribution is -2.02. The fraction of sp³-hybridized carbons (Fsp3) is 0.188. The van der Waals surface area contributed by atoms with Gasteiger partial charge in [0, 0.05) is 24.9 Å². The Labute approximate surface area is 112 Å². The minimum Gasteiger partial charge on any atom is -0.325 e. The number of aryl methyl sites for hydroxylation is 1. The fourth-order valence-corrected chi connectivity index (χ4v) is 2.28. The van der Waals surface area contributed by atoms with Crippen LogP contribution in [0.3, 0.4) is 0 Å². The fourth-order valence-electron chi connectivity index (χ4n) is 2.28. The molecule has 0 spiro atoms. The molecule has 0 saturated heterocycles. The van der Waals surface area contributed by atoms with Gasteiger partial charge in [0.15, 0.2) is 0 Å². The smallest absolute Gasteiger partial charge is 0.137 e. The zero-order valence-corrected chi connectivity index (χ0v) is 11.0. The van der Waals surface area contributed by atoms with E-state index < -0.39 is 0 Å². The molecule has 0 saturated carbocycles. The number of benzene rings is 1. The number of imidazole rings is 1. The number of aromatic nitrogens is 2. The Bertz CT molecular complexity index is 696. The van der Waals surface area contributed by atoms with Crippen LogP contribution in [0.5, 0.6) is 0 Å². The molecule has 2 N–H and O–H groups in total. The second-order valence-corrected chi connectivity index (χ2v) is 4.84. The molecule has 1 aromatic carbocycles. The molecule has 3 aromatic rings. The number of nitrogens with two attached hydrogens (primary N) is 1. The van der Waals surface area contributed by atoms with Crippen molar-refractivity contribution in [2.24, 2.45) is 5.73 Å². The molecule has 0 bridgehead atoms. The summed E-state index contributed by atoms with van der Waals surface area (Å²) in [5.74, 6) is 0. The zero-order chi connectivity index (χ0) is 13.2. The molecule has 0 atom stereocenters. The van der Waals surface area contributed by atoms with Gasteiger partial charge in [0.2, 0.25) is 0 Å². The summed E-state index contributed by atoms with van der Waals surface area (Å²) in [5.41, 5.74) is 11.4. The van der Waals surface area contributed by atoms with Crippen LogP contribution >= 0.6 is 0 Å². The first-order valence-electron chi connectivity index (χ1n) is 6.48. The molecule has 3 heteroatoms. The third-order valence-electron chi connectivity index (χ3n) is 3.34. The highest BCUT2D eigenvalue weighted by molar-refractivity contribution is 5.42. The van der Waals surface area contributed by atoms with E-state index in [9.17, 15) is 0 Å². The number of fused-ring (bicyclic) bond motifs is 1. The molecule has 0 amide bonds. The number of hydrogen-bond acceptors (Lipinski definition) is 2. The molecule has 3 rings (SSSR count). The summed E-state index contributed by atoms with van der Waals surface area (Å²) in [6.45, 7) is 2.62. The summed E-state index contributed by atoms with van der Waals surface area (Å²) in [6.07, 6.45) is 2.93. The Morgan fingerprint density at radius 1 is 1.11 bits per heavy atom. The predicted octanol–water partition coefficient (Wildman–Crippen LogP) is 2.69. The van der Waals surface area contributed by atoms with Crippen LogP contribution in [-0.4, -0.2) is 9.38 Å². The van der Waals surface area contributed by atoms with E-state index in [1.165, 1.54) is 11.1 Å². The highest BCUT2D eigenvalue weighted by Gasteiger charge is 2.05. The number of rotatable bonds is 3. The largest absolute Gasteiger partial charge is 0.325 e. The van der Waals surface area contributed by atoms with Crippen molar-refractivity contribution >= 4 is 5.65 Å². The molecular weight excluding hydrogens is 234 g/mol. The van der Waals surface area contributed by atoms with Gasteiger partial charge in [0.05, 0.1) is 5.69 Å². The normalized spacial score (nSPS) is 11.1. The van der Waals surface area contributed by atoms with Crippen LogP contribution in [0.2, 0.25) is 0 Å². The molecule has 0 aliphatic rings. The summed E-state index contributed by atoms with van der Waals surface area (Å²) in [4.78, 5) is 4.65. The average molecular weight is 251 g/mol. The number of pyridine rings is 1. The highest BCUT2D eigenvalue weighted by atomic mass is 15.0. The molecule has 0 radical (unpaired) electrons. The van der Waals surface area contributed by atoms with Crippen LogP contribution in [0.1, 0.15) is 22.5 Å². The van der Waals surface area contributed by atoms with Crippen molar-refractivity contribution in [3.63, 3.8) is 0 Å². The maximum Gasteiger partial charge on any atom is 0.137 e. The molecule has 0 aliphatic carbocycles. The summed E-state index contributed by atoms with van der Waals surface area (Å²) < 4.78 is 2.07. The van der Waals surface area contributed by atoms with Gasteiger partial charge in [-0.1, -0.05) is 35.9 Å². The van der Waals surface area contributed by atoms with Crippen molar-refractivity contribution < 1.29 is 0 Å². The Morgan fingerprint density at radius 2 is 1.89 bits per heavy atom. The van der Waals surface area contributed by atoms with Gasteiger partial charge in [-0.25, -0.2) is 4.98 Å². The standard InChI is InChI=1S/C16H17N3/c1-12-5-7-13(8-6-12)9-14-11-19-15(10-17)3-2-4-16(19)18-14/h2-8,11H,9-10,17H2,1H3. The van der Waals surface area contributed by atoms with Gasteiger partial charge in [0.25, 0.3) is 0 Å². The minimum absolute atomic E-state index is 0.525. The van der Waals surface area contributed by atoms with Gasteiger partial charge in [-0.15, -0.1) is 0 Å². The van der Waals surface area contributed by atoms with Gasteiger partial charge < -0.3 is 10.1 Å². The van der Waals surface area contributed by atoms with Crippen molar-refractivity contribution in [1.29, 1.82) is 0 Å². The van der Waals surface area contributed by atoms with Crippen molar-refractivity contribution in [2.45, 2.75) is 19.9 Å². The van der Waals surface area contributed by atoms with Crippen molar-refractivity contribution in [3.8, 4) is 0 Å². The summed E-state index contributed by atoms with van der Waals surface area (Å²) in [5, 5.41) is 0. The number of hydrogen-bond donors (Lipinski definition) is 1. The minimum atomic E-state index is 0.525. The topological polar surface area (TPSA) is 43.3 Å². The highest BCUT2D eigenvalue weighted by Crippen LogP contribution is 2.13. The molecule has 0 aliphatic heterocycles. The molecule has 3 nitrogen and oxygen atoms in total. The van der Waals surface area contributed by atoms with Gasteiger partial charge in [-0.05, 0) is 24.6 Å². The van der Waals surface area contributed by atoms with E-state index in [1.54, 1.807) is 0 Å². The van der Waals surface area contributed by atoms with E-state index in [0.717, 1.165) is 23.5 Å². The Morgan fingerprint density at radius 3 is 2.63 bits per heavy atom. The molecule has 96 valence electrons. The second-order valence-electron chi connectivity index (χ2n) is 4.84. The average Bonchev–Trinajstić information content (AvgIpc) is 2.83. The maximum atomic E-state index is 5.75. The molecular formula is C16H17N3. The molecule has 2 heterocycles. The Balaban J connectivity index is 1.95. The van der Waals surface area contributed by atoms with Gasteiger partial charge >= 0.3 is 0 Å².